The van der Waals surface area contributed by atoms with E-state index in [1.54, 1.807) is 20.8 Å². The Bertz CT molecular complexity index is 1110. The largest absolute Gasteiger partial charge is 0.458 e. The molecule has 7 nitrogen and oxygen atoms in total. The lowest BCUT2D eigenvalue weighted by Crippen LogP contribution is -2.52. The van der Waals surface area contributed by atoms with Gasteiger partial charge in [0.15, 0.2) is 0 Å². The standard InChI is InChI=1S/C30H38N2O5/c1-19(2)17-25(28(34)37-30(3,4)5)31-27(33)26-15-10-16-32(26)29(35)36-18-24-22-13-8-6-11-20(22)21-12-7-9-14-23(21)24/h6-9,11-14,19,24-26H,10,15-18H2,1-5H3,(H,31,33)/t25-,26-/m0/s1. The maximum atomic E-state index is 13.2. The lowest BCUT2D eigenvalue weighted by Gasteiger charge is -2.28. The van der Waals surface area contributed by atoms with Crippen molar-refractivity contribution in [3.63, 3.8) is 0 Å². The molecular weight excluding hydrogens is 468 g/mol. The van der Waals surface area contributed by atoms with Crippen LogP contribution in [-0.2, 0) is 19.1 Å². The highest BCUT2D eigenvalue weighted by Crippen LogP contribution is 2.44. The first-order valence-corrected chi connectivity index (χ1v) is 13.2. The van der Waals surface area contributed by atoms with Crippen LogP contribution < -0.4 is 5.32 Å². The van der Waals surface area contributed by atoms with Gasteiger partial charge in [0.1, 0.15) is 24.3 Å². The first-order chi connectivity index (χ1) is 17.5. The Morgan fingerprint density at radius 3 is 2.16 bits per heavy atom. The van der Waals surface area contributed by atoms with E-state index in [2.05, 4.69) is 29.6 Å². The van der Waals surface area contributed by atoms with E-state index in [1.807, 2.05) is 38.1 Å². The van der Waals surface area contributed by atoms with E-state index in [-0.39, 0.29) is 24.3 Å². The molecule has 1 aliphatic heterocycles. The predicted octanol–water partition coefficient (Wildman–Crippen LogP) is 5.27. The van der Waals surface area contributed by atoms with Gasteiger partial charge in [0, 0.05) is 12.5 Å². The number of carbonyl (C=O) groups is 3. The summed E-state index contributed by atoms with van der Waals surface area (Å²) < 4.78 is 11.3. The summed E-state index contributed by atoms with van der Waals surface area (Å²) in [6, 6.07) is 14.9. The van der Waals surface area contributed by atoms with Crippen LogP contribution in [0.4, 0.5) is 4.79 Å². The zero-order valence-corrected chi connectivity index (χ0v) is 22.5. The normalized spacial score (nSPS) is 17.8. The van der Waals surface area contributed by atoms with E-state index in [0.717, 1.165) is 22.3 Å². The summed E-state index contributed by atoms with van der Waals surface area (Å²) in [7, 11) is 0. The molecule has 2 atom stereocenters. The number of esters is 1. The fourth-order valence-electron chi connectivity index (χ4n) is 5.26. The molecule has 0 unspecified atom stereocenters. The number of fused-ring (bicyclic) bond motifs is 3. The monoisotopic (exact) mass is 506 g/mol. The third-order valence-electron chi connectivity index (χ3n) is 6.84. The van der Waals surface area contributed by atoms with E-state index in [0.29, 0.717) is 25.8 Å². The number of hydrogen-bond acceptors (Lipinski definition) is 5. The van der Waals surface area contributed by atoms with Crippen LogP contribution in [0.25, 0.3) is 11.1 Å². The third kappa shape index (κ3) is 6.14. The minimum absolute atomic E-state index is 0.0474. The molecule has 37 heavy (non-hydrogen) atoms. The molecule has 0 bridgehead atoms. The number of nitrogens with zero attached hydrogens (tertiary/aromatic N) is 1. The third-order valence-corrected chi connectivity index (χ3v) is 6.84. The minimum atomic E-state index is -0.767. The van der Waals surface area contributed by atoms with E-state index in [1.165, 1.54) is 4.90 Å². The summed E-state index contributed by atoms with van der Waals surface area (Å²) in [5, 5.41) is 2.86. The Balaban J connectivity index is 1.42. The molecule has 7 heteroatoms. The maximum Gasteiger partial charge on any atom is 0.410 e. The van der Waals surface area contributed by atoms with Gasteiger partial charge in [-0.3, -0.25) is 9.69 Å². The topological polar surface area (TPSA) is 84.9 Å². The molecule has 2 aliphatic rings. The SMILES string of the molecule is CC(C)C[C@H](NC(=O)[C@@H]1CCCN1C(=O)OCC1c2ccccc2-c2ccccc21)C(=O)OC(C)(C)C. The van der Waals surface area contributed by atoms with Gasteiger partial charge in [-0.1, -0.05) is 62.4 Å². The number of nitrogens with one attached hydrogen (secondary N) is 1. The molecular formula is C30H38N2O5. The van der Waals surface area contributed by atoms with Crippen LogP contribution in [0.15, 0.2) is 48.5 Å². The van der Waals surface area contributed by atoms with Crippen LogP contribution in [0.5, 0.6) is 0 Å². The molecule has 4 rings (SSSR count). The van der Waals surface area contributed by atoms with Gasteiger partial charge in [-0.2, -0.15) is 0 Å². The van der Waals surface area contributed by atoms with Crippen molar-refractivity contribution in [1.82, 2.24) is 10.2 Å². The zero-order valence-electron chi connectivity index (χ0n) is 22.5. The smallest absolute Gasteiger partial charge is 0.410 e. The van der Waals surface area contributed by atoms with Gasteiger partial charge < -0.3 is 14.8 Å². The minimum Gasteiger partial charge on any atom is -0.458 e. The summed E-state index contributed by atoms with van der Waals surface area (Å²) in [6.45, 7) is 10.0. The molecule has 1 heterocycles. The molecule has 198 valence electrons. The highest BCUT2D eigenvalue weighted by molar-refractivity contribution is 5.90. The fourth-order valence-corrected chi connectivity index (χ4v) is 5.26. The van der Waals surface area contributed by atoms with Crippen LogP contribution in [0.1, 0.15) is 70.9 Å². The van der Waals surface area contributed by atoms with E-state index in [4.69, 9.17) is 9.47 Å². The van der Waals surface area contributed by atoms with Gasteiger partial charge in [0.2, 0.25) is 5.91 Å². The second-order valence-corrected chi connectivity index (χ2v) is 11.4. The average Bonchev–Trinajstić information content (AvgIpc) is 3.44. The number of hydrogen-bond donors (Lipinski definition) is 1. The van der Waals surface area contributed by atoms with Crippen LogP contribution >= 0.6 is 0 Å². The maximum absolute atomic E-state index is 13.2. The predicted molar refractivity (Wildman–Crippen MR) is 142 cm³/mol. The Hall–Kier alpha value is -3.35. The lowest BCUT2D eigenvalue weighted by molar-refractivity contribution is -0.159. The van der Waals surface area contributed by atoms with Gasteiger partial charge >= 0.3 is 12.1 Å². The van der Waals surface area contributed by atoms with Crippen molar-refractivity contribution in [3.8, 4) is 11.1 Å². The molecule has 2 aromatic carbocycles. The van der Waals surface area contributed by atoms with Gasteiger partial charge in [0.05, 0.1) is 0 Å². The van der Waals surface area contributed by atoms with Crippen molar-refractivity contribution in [2.45, 2.75) is 77.5 Å². The quantitative estimate of drug-likeness (QED) is 0.517. The molecule has 0 spiro atoms. The number of benzene rings is 2. The van der Waals surface area contributed by atoms with Crippen molar-refractivity contribution in [1.29, 1.82) is 0 Å². The molecule has 1 N–H and O–H groups in total. The van der Waals surface area contributed by atoms with Crippen molar-refractivity contribution in [3.05, 3.63) is 59.7 Å². The molecule has 0 saturated carbocycles. The number of likely N-dealkylation sites (tertiary alicyclic amines) is 1. The van der Waals surface area contributed by atoms with Crippen LogP contribution in [-0.4, -0.2) is 53.7 Å². The number of carbonyl (C=O) groups excluding carboxylic acids is 3. The highest BCUT2D eigenvalue weighted by Gasteiger charge is 2.38. The first-order valence-electron chi connectivity index (χ1n) is 13.2. The highest BCUT2D eigenvalue weighted by atomic mass is 16.6. The summed E-state index contributed by atoms with van der Waals surface area (Å²) in [6.07, 6.45) is 1.18. The fraction of sp³-hybridized carbons (Fsp3) is 0.500. The number of amides is 2. The first kappa shape index (κ1) is 26.7. The van der Waals surface area contributed by atoms with Crippen molar-refractivity contribution in [2.24, 2.45) is 5.92 Å². The van der Waals surface area contributed by atoms with Crippen molar-refractivity contribution < 1.29 is 23.9 Å². The molecule has 1 aliphatic carbocycles. The number of ether oxygens (including phenoxy) is 2. The molecule has 1 saturated heterocycles. The average molecular weight is 507 g/mol. The zero-order chi connectivity index (χ0) is 26.7. The van der Waals surface area contributed by atoms with Crippen LogP contribution in [0, 0.1) is 5.92 Å². The van der Waals surface area contributed by atoms with Gasteiger partial charge in [-0.25, -0.2) is 9.59 Å². The van der Waals surface area contributed by atoms with Gasteiger partial charge in [0.25, 0.3) is 0 Å². The van der Waals surface area contributed by atoms with E-state index < -0.39 is 29.7 Å². The number of rotatable bonds is 7. The second kappa shape index (κ2) is 11.0. The Morgan fingerprint density at radius 1 is 1.00 bits per heavy atom. The van der Waals surface area contributed by atoms with Gasteiger partial charge in [-0.05, 0) is 68.2 Å². The van der Waals surface area contributed by atoms with E-state index in [9.17, 15) is 14.4 Å². The molecule has 0 aromatic heterocycles. The second-order valence-electron chi connectivity index (χ2n) is 11.4. The summed E-state index contributed by atoms with van der Waals surface area (Å²) in [4.78, 5) is 40.7. The lowest BCUT2D eigenvalue weighted by atomic mass is 9.98. The van der Waals surface area contributed by atoms with Crippen LogP contribution in [0.2, 0.25) is 0 Å². The molecule has 1 fully saturated rings. The van der Waals surface area contributed by atoms with Crippen molar-refractivity contribution in [2.75, 3.05) is 13.2 Å². The van der Waals surface area contributed by atoms with E-state index >= 15 is 0 Å². The van der Waals surface area contributed by atoms with Gasteiger partial charge in [-0.15, -0.1) is 0 Å². The summed E-state index contributed by atoms with van der Waals surface area (Å²) in [5.74, 6) is -0.670. The Kier molecular flexibility index (Phi) is 7.90. The van der Waals surface area contributed by atoms with Crippen LogP contribution in [0.3, 0.4) is 0 Å². The molecule has 2 amide bonds. The van der Waals surface area contributed by atoms with Crippen molar-refractivity contribution >= 4 is 18.0 Å². The molecule has 2 aromatic rings. The summed E-state index contributed by atoms with van der Waals surface area (Å²) >= 11 is 0. The summed E-state index contributed by atoms with van der Waals surface area (Å²) in [5.41, 5.74) is 3.95. The Morgan fingerprint density at radius 2 is 1.59 bits per heavy atom. The Labute approximate surface area is 219 Å². The molecule has 0 radical (unpaired) electrons.